The first-order chi connectivity index (χ1) is 9.04. The lowest BCUT2D eigenvalue weighted by Crippen LogP contribution is -2.45. The van der Waals surface area contributed by atoms with Crippen molar-refractivity contribution in [1.29, 1.82) is 0 Å². The second kappa shape index (κ2) is 6.83. The van der Waals surface area contributed by atoms with Crippen molar-refractivity contribution < 1.29 is 4.79 Å². The van der Waals surface area contributed by atoms with E-state index in [1.165, 1.54) is 11.3 Å². The molecule has 1 amide bonds. The molecule has 0 aliphatic carbocycles. The molecular formula is C14H18ClN3OS. The van der Waals surface area contributed by atoms with Gasteiger partial charge in [-0.3, -0.25) is 4.79 Å². The summed E-state index contributed by atoms with van der Waals surface area (Å²) < 4.78 is 0. The zero-order valence-corrected chi connectivity index (χ0v) is 13.1. The van der Waals surface area contributed by atoms with Gasteiger partial charge < -0.3 is 11.1 Å². The molecule has 1 atom stereocenters. The number of halogens is 1. The number of thiazole rings is 1. The van der Waals surface area contributed by atoms with Gasteiger partial charge in [-0.2, -0.15) is 0 Å². The molecule has 0 saturated heterocycles. The van der Waals surface area contributed by atoms with Crippen LogP contribution in [0.3, 0.4) is 0 Å². The van der Waals surface area contributed by atoms with Crippen molar-refractivity contribution in [3.63, 3.8) is 0 Å². The number of carbonyl (C=O) groups is 1. The minimum absolute atomic E-state index is 0. The number of carbonyl (C=O) groups excluding carboxylic acids is 1. The summed E-state index contributed by atoms with van der Waals surface area (Å²) in [5.41, 5.74) is 5.84. The molecule has 0 saturated carbocycles. The maximum Gasteiger partial charge on any atom is 0.250 e. The van der Waals surface area contributed by atoms with Crippen molar-refractivity contribution in [2.75, 3.05) is 5.32 Å². The predicted molar refractivity (Wildman–Crippen MR) is 85.4 cm³/mol. The topological polar surface area (TPSA) is 68.0 Å². The summed E-state index contributed by atoms with van der Waals surface area (Å²) in [6, 6.07) is 9.32. The molecule has 20 heavy (non-hydrogen) atoms. The Labute approximate surface area is 128 Å². The van der Waals surface area contributed by atoms with E-state index < -0.39 is 5.54 Å². The molecule has 0 radical (unpaired) electrons. The Kier molecular flexibility index (Phi) is 5.68. The molecule has 4 nitrogen and oxygen atoms in total. The third-order valence-corrected chi connectivity index (χ3v) is 4.02. The average Bonchev–Trinajstić information content (AvgIpc) is 2.87. The number of nitrogens with one attached hydrogen (secondary N) is 1. The standard InChI is InChI=1S/C14H17N3OS.ClH/c1-3-11-9-16-13(19-11)17-12(18)14(2,15)10-7-5-4-6-8-10;/h4-9H,3,15H2,1-2H3,(H,16,17,18);1H. The SMILES string of the molecule is CCc1cnc(NC(=O)C(C)(N)c2ccccc2)s1.Cl. The van der Waals surface area contributed by atoms with Crippen LogP contribution in [0.25, 0.3) is 0 Å². The lowest BCUT2D eigenvalue weighted by atomic mass is 9.92. The molecule has 108 valence electrons. The minimum Gasteiger partial charge on any atom is -0.314 e. The number of nitrogens with zero attached hydrogens (tertiary/aromatic N) is 1. The quantitative estimate of drug-likeness (QED) is 0.912. The molecule has 0 aliphatic rings. The summed E-state index contributed by atoms with van der Waals surface area (Å²) in [5, 5.41) is 3.37. The number of amides is 1. The predicted octanol–water partition coefficient (Wildman–Crippen LogP) is 2.94. The van der Waals surface area contributed by atoms with E-state index in [0.29, 0.717) is 5.13 Å². The van der Waals surface area contributed by atoms with Crippen LogP contribution in [-0.2, 0) is 16.8 Å². The van der Waals surface area contributed by atoms with E-state index in [0.717, 1.165) is 16.9 Å². The Morgan fingerprint density at radius 2 is 2.05 bits per heavy atom. The van der Waals surface area contributed by atoms with Gasteiger partial charge in [0.05, 0.1) is 0 Å². The molecule has 6 heteroatoms. The van der Waals surface area contributed by atoms with Crippen LogP contribution in [-0.4, -0.2) is 10.9 Å². The highest BCUT2D eigenvalue weighted by Gasteiger charge is 2.30. The van der Waals surface area contributed by atoms with Gasteiger partial charge in [-0.15, -0.1) is 23.7 Å². The Morgan fingerprint density at radius 3 is 2.60 bits per heavy atom. The normalized spacial score (nSPS) is 13.2. The second-order valence-corrected chi connectivity index (χ2v) is 5.62. The maximum atomic E-state index is 12.3. The molecule has 2 aromatic rings. The zero-order valence-electron chi connectivity index (χ0n) is 11.4. The first-order valence-corrected chi connectivity index (χ1v) is 6.96. The highest BCUT2D eigenvalue weighted by Crippen LogP contribution is 2.23. The Bertz CT molecular complexity index is 569. The second-order valence-electron chi connectivity index (χ2n) is 4.51. The first kappa shape index (κ1) is 16.6. The van der Waals surface area contributed by atoms with Crippen LogP contribution in [0.1, 0.15) is 24.3 Å². The summed E-state index contributed by atoms with van der Waals surface area (Å²) in [6.45, 7) is 3.75. The lowest BCUT2D eigenvalue weighted by Gasteiger charge is -2.23. The fraction of sp³-hybridized carbons (Fsp3) is 0.286. The lowest BCUT2D eigenvalue weighted by molar-refractivity contribution is -0.120. The smallest absolute Gasteiger partial charge is 0.250 e. The summed E-state index contributed by atoms with van der Waals surface area (Å²) in [4.78, 5) is 17.6. The molecular weight excluding hydrogens is 294 g/mol. The van der Waals surface area contributed by atoms with Crippen LogP contribution in [0.5, 0.6) is 0 Å². The van der Waals surface area contributed by atoms with Crippen LogP contribution in [0, 0.1) is 0 Å². The number of anilines is 1. The van der Waals surface area contributed by atoms with Crippen LogP contribution in [0.2, 0.25) is 0 Å². The van der Waals surface area contributed by atoms with Gasteiger partial charge >= 0.3 is 0 Å². The molecule has 1 aromatic heterocycles. The highest BCUT2D eigenvalue weighted by atomic mass is 35.5. The monoisotopic (exact) mass is 311 g/mol. The van der Waals surface area contributed by atoms with Gasteiger partial charge in [0.15, 0.2) is 5.13 Å². The fourth-order valence-electron chi connectivity index (χ4n) is 1.67. The van der Waals surface area contributed by atoms with Crippen LogP contribution in [0.15, 0.2) is 36.5 Å². The van der Waals surface area contributed by atoms with Crippen molar-refractivity contribution in [1.82, 2.24) is 4.98 Å². The van der Waals surface area contributed by atoms with Gasteiger partial charge in [0, 0.05) is 11.1 Å². The third-order valence-electron chi connectivity index (χ3n) is 2.97. The number of aryl methyl sites for hydroxylation is 1. The van der Waals surface area contributed by atoms with Gasteiger partial charge in [0.2, 0.25) is 0 Å². The Hall–Kier alpha value is -1.43. The van der Waals surface area contributed by atoms with Gasteiger partial charge in [-0.05, 0) is 18.9 Å². The van der Waals surface area contributed by atoms with Gasteiger partial charge in [0.25, 0.3) is 5.91 Å². The maximum absolute atomic E-state index is 12.3. The number of aromatic nitrogens is 1. The van der Waals surface area contributed by atoms with Gasteiger partial charge in [0.1, 0.15) is 5.54 Å². The number of benzene rings is 1. The van der Waals surface area contributed by atoms with E-state index in [9.17, 15) is 4.79 Å². The molecule has 0 aliphatic heterocycles. The first-order valence-electron chi connectivity index (χ1n) is 6.14. The zero-order chi connectivity index (χ0) is 13.9. The van der Waals surface area contributed by atoms with Crippen molar-refractivity contribution in [2.24, 2.45) is 5.73 Å². The number of hydrogen-bond donors (Lipinski definition) is 2. The van der Waals surface area contributed by atoms with Crippen molar-refractivity contribution in [3.8, 4) is 0 Å². The van der Waals surface area contributed by atoms with E-state index in [-0.39, 0.29) is 18.3 Å². The highest BCUT2D eigenvalue weighted by molar-refractivity contribution is 7.15. The van der Waals surface area contributed by atoms with Gasteiger partial charge in [-0.1, -0.05) is 37.3 Å². The average molecular weight is 312 g/mol. The van der Waals surface area contributed by atoms with E-state index >= 15 is 0 Å². The molecule has 0 bridgehead atoms. The Balaban J connectivity index is 0.00000200. The number of nitrogens with two attached hydrogens (primary N) is 1. The third kappa shape index (κ3) is 3.56. The fourth-order valence-corrected chi connectivity index (χ4v) is 2.42. The number of rotatable bonds is 4. The summed E-state index contributed by atoms with van der Waals surface area (Å²) in [7, 11) is 0. The van der Waals surface area contributed by atoms with Crippen LogP contribution in [0.4, 0.5) is 5.13 Å². The van der Waals surface area contributed by atoms with E-state index in [1.807, 2.05) is 30.3 Å². The van der Waals surface area contributed by atoms with Crippen molar-refractivity contribution in [3.05, 3.63) is 47.0 Å². The van der Waals surface area contributed by atoms with E-state index in [2.05, 4.69) is 17.2 Å². The molecule has 3 N–H and O–H groups in total. The van der Waals surface area contributed by atoms with Crippen molar-refractivity contribution >= 4 is 34.8 Å². The summed E-state index contributed by atoms with van der Waals surface area (Å²) in [5.74, 6) is -0.254. The molecule has 0 fully saturated rings. The van der Waals surface area contributed by atoms with Crippen molar-refractivity contribution in [2.45, 2.75) is 25.8 Å². The number of hydrogen-bond acceptors (Lipinski definition) is 4. The van der Waals surface area contributed by atoms with Gasteiger partial charge in [-0.25, -0.2) is 4.98 Å². The molecule has 1 unspecified atom stereocenters. The summed E-state index contributed by atoms with van der Waals surface area (Å²) >= 11 is 1.47. The Morgan fingerprint density at radius 1 is 1.40 bits per heavy atom. The summed E-state index contributed by atoms with van der Waals surface area (Å²) in [6.07, 6.45) is 2.68. The van der Waals surface area contributed by atoms with E-state index in [1.54, 1.807) is 13.1 Å². The van der Waals surface area contributed by atoms with E-state index in [4.69, 9.17) is 5.73 Å². The minimum atomic E-state index is -1.07. The molecule has 1 aromatic carbocycles. The molecule has 2 rings (SSSR count). The molecule has 1 heterocycles. The largest absolute Gasteiger partial charge is 0.314 e. The van der Waals surface area contributed by atoms with Crippen LogP contribution >= 0.6 is 23.7 Å². The molecule has 0 spiro atoms. The van der Waals surface area contributed by atoms with Crippen LogP contribution < -0.4 is 11.1 Å².